The molecule has 0 aliphatic rings. The second kappa shape index (κ2) is 3.45. The lowest BCUT2D eigenvalue weighted by Gasteiger charge is -2.08. The van der Waals surface area contributed by atoms with E-state index in [-0.39, 0.29) is 0 Å². The van der Waals surface area contributed by atoms with E-state index < -0.39 is 0 Å². The Morgan fingerprint density at radius 2 is 2.13 bits per heavy atom. The standard InChI is InChI=1S/C11H15N3S/c1-6(2)9-8(5-12)10-11(14(9)4)13-7(3)15-10/h5-6,12H,1-4H3. The Labute approximate surface area is 93.3 Å². The summed E-state index contributed by atoms with van der Waals surface area (Å²) in [4.78, 5) is 4.50. The third kappa shape index (κ3) is 1.40. The van der Waals surface area contributed by atoms with Gasteiger partial charge in [-0.05, 0) is 12.8 Å². The Morgan fingerprint density at radius 1 is 1.47 bits per heavy atom. The topological polar surface area (TPSA) is 41.7 Å². The first-order valence-electron chi connectivity index (χ1n) is 5.02. The highest BCUT2D eigenvalue weighted by Gasteiger charge is 2.18. The molecule has 0 aliphatic heterocycles. The van der Waals surface area contributed by atoms with Crippen molar-refractivity contribution in [2.45, 2.75) is 26.7 Å². The maximum atomic E-state index is 7.52. The average molecular weight is 221 g/mol. The van der Waals surface area contributed by atoms with E-state index in [2.05, 4.69) is 23.4 Å². The number of thiazole rings is 1. The van der Waals surface area contributed by atoms with Gasteiger partial charge in [0.25, 0.3) is 0 Å². The molecule has 2 heterocycles. The van der Waals surface area contributed by atoms with Gasteiger partial charge in [-0.25, -0.2) is 4.98 Å². The Morgan fingerprint density at radius 3 is 2.67 bits per heavy atom. The van der Waals surface area contributed by atoms with Crippen LogP contribution >= 0.6 is 11.3 Å². The summed E-state index contributed by atoms with van der Waals surface area (Å²) in [6, 6.07) is 0. The van der Waals surface area contributed by atoms with Crippen molar-refractivity contribution in [3.8, 4) is 0 Å². The summed E-state index contributed by atoms with van der Waals surface area (Å²) in [5.74, 6) is 0.424. The van der Waals surface area contributed by atoms with Crippen molar-refractivity contribution in [2.75, 3.05) is 0 Å². The molecular weight excluding hydrogens is 206 g/mol. The first kappa shape index (κ1) is 10.4. The smallest absolute Gasteiger partial charge is 0.151 e. The molecule has 4 heteroatoms. The number of fused-ring (bicyclic) bond motifs is 1. The molecule has 1 N–H and O–H groups in total. The van der Waals surface area contributed by atoms with Gasteiger partial charge in [-0.2, -0.15) is 0 Å². The number of nitrogens with one attached hydrogen (secondary N) is 1. The average Bonchev–Trinajstić information content (AvgIpc) is 2.63. The summed E-state index contributed by atoms with van der Waals surface area (Å²) in [6.07, 6.45) is 1.45. The van der Waals surface area contributed by atoms with Crippen LogP contribution in [-0.4, -0.2) is 15.8 Å². The maximum Gasteiger partial charge on any atom is 0.151 e. The lowest BCUT2D eigenvalue weighted by atomic mass is 10.1. The van der Waals surface area contributed by atoms with Gasteiger partial charge in [0.1, 0.15) is 0 Å². The van der Waals surface area contributed by atoms with Gasteiger partial charge in [-0.3, -0.25) is 0 Å². The van der Waals surface area contributed by atoms with Gasteiger partial charge in [-0.15, -0.1) is 11.3 Å². The number of aryl methyl sites for hydroxylation is 2. The Kier molecular flexibility index (Phi) is 2.38. The molecule has 0 radical (unpaired) electrons. The quantitative estimate of drug-likeness (QED) is 0.778. The fourth-order valence-electron chi connectivity index (χ4n) is 2.07. The molecule has 3 nitrogen and oxygen atoms in total. The zero-order valence-corrected chi connectivity index (χ0v) is 10.3. The first-order valence-corrected chi connectivity index (χ1v) is 5.84. The molecule has 0 amide bonds. The first-order chi connectivity index (χ1) is 7.06. The Balaban J connectivity index is 2.86. The van der Waals surface area contributed by atoms with Crippen molar-refractivity contribution in [3.05, 3.63) is 16.3 Å². The number of aromatic nitrogens is 2. The molecule has 2 rings (SSSR count). The van der Waals surface area contributed by atoms with E-state index in [4.69, 9.17) is 5.41 Å². The van der Waals surface area contributed by atoms with Crippen LogP contribution in [0.15, 0.2) is 0 Å². The van der Waals surface area contributed by atoms with Crippen molar-refractivity contribution >= 4 is 27.9 Å². The van der Waals surface area contributed by atoms with E-state index in [0.717, 1.165) is 20.9 Å². The molecule has 0 unspecified atom stereocenters. The van der Waals surface area contributed by atoms with Crippen molar-refractivity contribution in [1.82, 2.24) is 9.55 Å². The van der Waals surface area contributed by atoms with Crippen molar-refractivity contribution in [2.24, 2.45) is 7.05 Å². The largest absolute Gasteiger partial charge is 0.331 e. The molecule has 0 aliphatic carbocycles. The molecular formula is C11H15N3S. The van der Waals surface area contributed by atoms with Gasteiger partial charge >= 0.3 is 0 Å². The van der Waals surface area contributed by atoms with E-state index in [1.807, 2.05) is 14.0 Å². The lowest BCUT2D eigenvalue weighted by Crippen LogP contribution is -2.01. The number of rotatable bonds is 2. The third-order valence-corrected chi connectivity index (χ3v) is 3.60. The van der Waals surface area contributed by atoms with Gasteiger partial charge in [0.2, 0.25) is 0 Å². The molecule has 0 atom stereocenters. The summed E-state index contributed by atoms with van der Waals surface area (Å²) in [6.45, 7) is 6.31. The minimum Gasteiger partial charge on any atom is -0.331 e. The Bertz CT molecular complexity index is 519. The fourth-order valence-corrected chi connectivity index (χ4v) is 3.04. The van der Waals surface area contributed by atoms with Crippen LogP contribution in [0.2, 0.25) is 0 Å². The summed E-state index contributed by atoms with van der Waals surface area (Å²) >= 11 is 1.67. The van der Waals surface area contributed by atoms with Gasteiger partial charge < -0.3 is 9.98 Å². The van der Waals surface area contributed by atoms with Crippen LogP contribution in [0.25, 0.3) is 10.3 Å². The van der Waals surface area contributed by atoms with Crippen molar-refractivity contribution in [3.63, 3.8) is 0 Å². The summed E-state index contributed by atoms with van der Waals surface area (Å²) in [5, 5.41) is 8.59. The lowest BCUT2D eigenvalue weighted by molar-refractivity contribution is 0.749. The maximum absolute atomic E-state index is 7.52. The van der Waals surface area contributed by atoms with Gasteiger partial charge in [-0.1, -0.05) is 13.8 Å². The molecule has 0 bridgehead atoms. The normalized spacial score (nSPS) is 11.5. The molecule has 2 aromatic heterocycles. The van der Waals surface area contributed by atoms with Crippen LogP contribution in [0, 0.1) is 12.3 Å². The van der Waals surface area contributed by atoms with Crippen molar-refractivity contribution < 1.29 is 0 Å². The molecule has 0 aromatic carbocycles. The molecule has 15 heavy (non-hydrogen) atoms. The minimum atomic E-state index is 0.424. The van der Waals surface area contributed by atoms with Crippen LogP contribution in [0.5, 0.6) is 0 Å². The van der Waals surface area contributed by atoms with E-state index >= 15 is 0 Å². The van der Waals surface area contributed by atoms with E-state index in [0.29, 0.717) is 5.92 Å². The third-order valence-electron chi connectivity index (χ3n) is 2.61. The summed E-state index contributed by atoms with van der Waals surface area (Å²) < 4.78 is 3.26. The second-order valence-electron chi connectivity index (χ2n) is 4.04. The van der Waals surface area contributed by atoms with Crippen LogP contribution in [-0.2, 0) is 7.05 Å². The predicted octanol–water partition coefficient (Wildman–Crippen LogP) is 3.06. The predicted molar refractivity (Wildman–Crippen MR) is 65.3 cm³/mol. The van der Waals surface area contributed by atoms with Gasteiger partial charge in [0, 0.05) is 24.5 Å². The van der Waals surface area contributed by atoms with Crippen LogP contribution < -0.4 is 0 Å². The molecule has 80 valence electrons. The van der Waals surface area contributed by atoms with E-state index in [9.17, 15) is 0 Å². The molecule has 0 spiro atoms. The van der Waals surface area contributed by atoms with Crippen LogP contribution in [0.4, 0.5) is 0 Å². The number of hydrogen-bond acceptors (Lipinski definition) is 3. The SMILES string of the molecule is Cc1nc2c(s1)c(C=N)c(C(C)C)n2C. The van der Waals surface area contributed by atoms with Crippen LogP contribution in [0.1, 0.15) is 36.0 Å². The number of hydrogen-bond donors (Lipinski definition) is 1. The zero-order chi connectivity index (χ0) is 11.2. The van der Waals surface area contributed by atoms with Crippen LogP contribution in [0.3, 0.4) is 0 Å². The summed E-state index contributed by atoms with van der Waals surface area (Å²) in [5.41, 5.74) is 3.26. The van der Waals surface area contributed by atoms with Crippen molar-refractivity contribution in [1.29, 1.82) is 5.41 Å². The van der Waals surface area contributed by atoms with Gasteiger partial charge in [0.05, 0.1) is 9.71 Å². The number of nitrogens with zero attached hydrogens (tertiary/aromatic N) is 2. The minimum absolute atomic E-state index is 0.424. The summed E-state index contributed by atoms with van der Waals surface area (Å²) in [7, 11) is 2.03. The highest BCUT2D eigenvalue weighted by Crippen LogP contribution is 2.32. The highest BCUT2D eigenvalue weighted by molar-refractivity contribution is 7.18. The van der Waals surface area contributed by atoms with E-state index in [1.165, 1.54) is 11.9 Å². The molecule has 0 saturated carbocycles. The zero-order valence-electron chi connectivity index (χ0n) is 9.46. The van der Waals surface area contributed by atoms with E-state index in [1.54, 1.807) is 11.3 Å². The molecule has 0 saturated heterocycles. The molecule has 0 fully saturated rings. The second-order valence-corrected chi connectivity index (χ2v) is 5.25. The molecule has 2 aromatic rings. The van der Waals surface area contributed by atoms with Gasteiger partial charge in [0.15, 0.2) is 5.65 Å². The Hall–Kier alpha value is -1.16. The fraction of sp³-hybridized carbons (Fsp3) is 0.455. The highest BCUT2D eigenvalue weighted by atomic mass is 32.1. The monoisotopic (exact) mass is 221 g/mol.